The SMILES string of the molecule is CC.CC1C=CC=C(c2nnc(C3=CC=CC(C)(C)C=C3)n2C(C)C)C=C1. The van der Waals surface area contributed by atoms with Crippen molar-refractivity contribution < 1.29 is 0 Å². The van der Waals surface area contributed by atoms with Gasteiger partial charge < -0.3 is 4.57 Å². The highest BCUT2D eigenvalue weighted by molar-refractivity contribution is 5.76. The molecule has 3 nitrogen and oxygen atoms in total. The Balaban J connectivity index is 0.00000126. The number of hydrogen-bond donors (Lipinski definition) is 0. The summed E-state index contributed by atoms with van der Waals surface area (Å²) in [5.74, 6) is 2.27. The van der Waals surface area contributed by atoms with E-state index in [1.165, 1.54) is 0 Å². The molecular formula is C24H33N3. The van der Waals surface area contributed by atoms with E-state index in [4.69, 9.17) is 0 Å². The highest BCUT2D eigenvalue weighted by atomic mass is 15.3. The maximum absolute atomic E-state index is 4.54. The molecule has 0 fully saturated rings. The zero-order chi connectivity index (χ0) is 20.0. The molecule has 0 saturated carbocycles. The molecule has 1 aromatic rings. The van der Waals surface area contributed by atoms with Crippen LogP contribution >= 0.6 is 0 Å². The zero-order valence-electron chi connectivity index (χ0n) is 17.8. The van der Waals surface area contributed by atoms with Crippen molar-refractivity contribution in [2.45, 2.75) is 54.5 Å². The third-order valence-electron chi connectivity index (χ3n) is 4.49. The van der Waals surface area contributed by atoms with Crippen LogP contribution in [0.2, 0.25) is 0 Å². The van der Waals surface area contributed by atoms with Crippen LogP contribution in [-0.2, 0) is 0 Å². The molecule has 0 bridgehead atoms. The first-order valence-electron chi connectivity index (χ1n) is 9.98. The van der Waals surface area contributed by atoms with Crippen molar-refractivity contribution in [3.05, 3.63) is 72.4 Å². The number of hydrogen-bond acceptors (Lipinski definition) is 2. The second kappa shape index (κ2) is 8.98. The van der Waals surface area contributed by atoms with E-state index in [0.29, 0.717) is 5.92 Å². The van der Waals surface area contributed by atoms with Gasteiger partial charge in [0, 0.05) is 22.6 Å². The molecule has 144 valence electrons. The summed E-state index contributed by atoms with van der Waals surface area (Å²) in [4.78, 5) is 0. The molecule has 0 spiro atoms. The first-order chi connectivity index (χ1) is 12.9. The first-order valence-corrected chi connectivity index (χ1v) is 9.98. The second-order valence-electron chi connectivity index (χ2n) is 7.67. The van der Waals surface area contributed by atoms with Crippen LogP contribution in [0, 0.1) is 11.3 Å². The molecule has 1 atom stereocenters. The third kappa shape index (κ3) is 5.06. The summed E-state index contributed by atoms with van der Waals surface area (Å²) in [6.45, 7) is 14.9. The average molecular weight is 364 g/mol. The van der Waals surface area contributed by atoms with Crippen molar-refractivity contribution in [1.82, 2.24) is 14.8 Å². The van der Waals surface area contributed by atoms with Gasteiger partial charge in [0.25, 0.3) is 0 Å². The van der Waals surface area contributed by atoms with Crippen LogP contribution in [-0.4, -0.2) is 14.8 Å². The molecule has 0 N–H and O–H groups in total. The van der Waals surface area contributed by atoms with Gasteiger partial charge in [-0.2, -0.15) is 0 Å². The van der Waals surface area contributed by atoms with Gasteiger partial charge in [-0.15, -0.1) is 10.2 Å². The number of allylic oxidation sites excluding steroid dienone is 12. The Morgan fingerprint density at radius 2 is 1.48 bits per heavy atom. The molecule has 3 rings (SSSR count). The largest absolute Gasteiger partial charge is 0.304 e. The normalized spacial score (nSPS) is 20.5. The van der Waals surface area contributed by atoms with Gasteiger partial charge in [-0.25, -0.2) is 0 Å². The Morgan fingerprint density at radius 1 is 0.889 bits per heavy atom. The van der Waals surface area contributed by atoms with Gasteiger partial charge in [-0.1, -0.05) is 95.4 Å². The number of aromatic nitrogens is 3. The van der Waals surface area contributed by atoms with Gasteiger partial charge in [-0.05, 0) is 19.8 Å². The fourth-order valence-corrected chi connectivity index (χ4v) is 3.00. The Bertz CT molecular complexity index is 824. The minimum atomic E-state index is 0.0528. The lowest BCUT2D eigenvalue weighted by atomic mass is 9.93. The smallest absolute Gasteiger partial charge is 0.164 e. The van der Waals surface area contributed by atoms with Crippen LogP contribution in [0.4, 0.5) is 0 Å². The Hall–Kier alpha value is -2.42. The van der Waals surface area contributed by atoms with E-state index in [0.717, 1.165) is 22.8 Å². The molecule has 0 radical (unpaired) electrons. The van der Waals surface area contributed by atoms with E-state index in [1.54, 1.807) is 0 Å². The molecule has 27 heavy (non-hydrogen) atoms. The van der Waals surface area contributed by atoms with Crippen molar-refractivity contribution in [3.8, 4) is 0 Å². The van der Waals surface area contributed by atoms with Crippen molar-refractivity contribution in [3.63, 3.8) is 0 Å². The molecule has 0 aliphatic heterocycles. The van der Waals surface area contributed by atoms with Crippen LogP contribution in [0.3, 0.4) is 0 Å². The maximum atomic E-state index is 4.54. The minimum Gasteiger partial charge on any atom is -0.304 e. The molecule has 2 aliphatic carbocycles. The predicted molar refractivity (Wildman–Crippen MR) is 117 cm³/mol. The Labute approximate surface area is 164 Å². The van der Waals surface area contributed by atoms with E-state index >= 15 is 0 Å². The Kier molecular flexibility index (Phi) is 6.95. The lowest BCUT2D eigenvalue weighted by Gasteiger charge is -2.15. The Morgan fingerprint density at radius 3 is 2.11 bits per heavy atom. The molecule has 1 aromatic heterocycles. The molecule has 0 saturated heterocycles. The van der Waals surface area contributed by atoms with Crippen LogP contribution in [0.15, 0.2) is 60.8 Å². The average Bonchev–Trinajstić information content (AvgIpc) is 2.84. The fourth-order valence-electron chi connectivity index (χ4n) is 3.00. The molecule has 2 aliphatic rings. The summed E-state index contributed by atoms with van der Waals surface area (Å²) in [5.41, 5.74) is 2.25. The lowest BCUT2D eigenvalue weighted by Crippen LogP contribution is -2.09. The van der Waals surface area contributed by atoms with E-state index < -0.39 is 0 Å². The van der Waals surface area contributed by atoms with E-state index in [-0.39, 0.29) is 11.5 Å². The number of rotatable bonds is 3. The summed E-state index contributed by atoms with van der Waals surface area (Å²) in [7, 11) is 0. The van der Waals surface area contributed by atoms with E-state index in [9.17, 15) is 0 Å². The summed E-state index contributed by atoms with van der Waals surface area (Å²) < 4.78 is 2.22. The van der Waals surface area contributed by atoms with Crippen LogP contribution in [0.5, 0.6) is 0 Å². The second-order valence-corrected chi connectivity index (χ2v) is 7.67. The molecule has 0 amide bonds. The summed E-state index contributed by atoms with van der Waals surface area (Å²) in [6.07, 6.45) is 21.6. The van der Waals surface area contributed by atoms with Gasteiger partial charge in [-0.3, -0.25) is 0 Å². The maximum Gasteiger partial charge on any atom is 0.164 e. The van der Waals surface area contributed by atoms with Gasteiger partial charge in [0.15, 0.2) is 11.6 Å². The fraction of sp³-hybridized carbons (Fsp3) is 0.417. The summed E-state index contributed by atoms with van der Waals surface area (Å²) in [5, 5.41) is 9.07. The monoisotopic (exact) mass is 363 g/mol. The number of nitrogens with zero attached hydrogens (tertiary/aromatic N) is 3. The van der Waals surface area contributed by atoms with Crippen molar-refractivity contribution in [1.29, 1.82) is 0 Å². The standard InChI is InChI=1S/C22H27N3.C2H6/c1-16(2)25-20(18-9-6-8-17(3)11-12-18)23-24-21(25)19-10-7-14-22(4,5)15-13-19;1-2/h6-17H,1-5H3;1-2H3. The van der Waals surface area contributed by atoms with E-state index in [1.807, 2.05) is 13.8 Å². The van der Waals surface area contributed by atoms with Gasteiger partial charge in [0.1, 0.15) is 0 Å². The summed E-state index contributed by atoms with van der Waals surface area (Å²) >= 11 is 0. The molecular weight excluding hydrogens is 330 g/mol. The zero-order valence-corrected chi connectivity index (χ0v) is 17.8. The van der Waals surface area contributed by atoms with Gasteiger partial charge in [0.2, 0.25) is 0 Å². The van der Waals surface area contributed by atoms with Crippen molar-refractivity contribution in [2.75, 3.05) is 0 Å². The highest BCUT2D eigenvalue weighted by Crippen LogP contribution is 2.29. The van der Waals surface area contributed by atoms with Crippen LogP contribution < -0.4 is 0 Å². The third-order valence-corrected chi connectivity index (χ3v) is 4.49. The van der Waals surface area contributed by atoms with Gasteiger partial charge in [0.05, 0.1) is 0 Å². The molecule has 1 unspecified atom stereocenters. The molecule has 3 heteroatoms. The summed E-state index contributed by atoms with van der Waals surface area (Å²) in [6, 6.07) is 0.272. The quantitative estimate of drug-likeness (QED) is 0.608. The van der Waals surface area contributed by atoms with E-state index in [2.05, 4.69) is 110 Å². The molecule has 0 aromatic carbocycles. The first kappa shape index (κ1) is 20.9. The predicted octanol–water partition coefficient (Wildman–Crippen LogP) is 6.57. The molecule has 1 heterocycles. The van der Waals surface area contributed by atoms with Gasteiger partial charge >= 0.3 is 0 Å². The topological polar surface area (TPSA) is 30.7 Å². The van der Waals surface area contributed by atoms with Crippen LogP contribution in [0.25, 0.3) is 11.1 Å². The van der Waals surface area contributed by atoms with Crippen molar-refractivity contribution in [2.24, 2.45) is 11.3 Å². The van der Waals surface area contributed by atoms with Crippen molar-refractivity contribution >= 4 is 11.1 Å². The van der Waals surface area contributed by atoms with Crippen LogP contribution in [0.1, 0.15) is 66.2 Å². The minimum absolute atomic E-state index is 0.0528. The highest BCUT2D eigenvalue weighted by Gasteiger charge is 2.20. The lowest BCUT2D eigenvalue weighted by molar-refractivity contribution is 0.585.